The summed E-state index contributed by atoms with van der Waals surface area (Å²) in [6, 6.07) is 7.42. The molecule has 0 amide bonds. The maximum atomic E-state index is 8.50. The van der Waals surface area contributed by atoms with Crippen molar-refractivity contribution in [1.82, 2.24) is 9.97 Å². The van der Waals surface area contributed by atoms with Crippen LogP contribution in [0.5, 0.6) is 0 Å². The average Bonchev–Trinajstić information content (AvgIpc) is 3.21. The third-order valence-electron chi connectivity index (χ3n) is 5.69. The molecule has 0 unspecified atom stereocenters. The Hall–Kier alpha value is -4.17. The Morgan fingerprint density at radius 1 is 0.750 bits per heavy atom. The fourth-order valence-corrected chi connectivity index (χ4v) is 3.78. The summed E-state index contributed by atoms with van der Waals surface area (Å²) in [5.74, 6) is 0. The minimum atomic E-state index is -2.63. The van der Waals surface area contributed by atoms with E-state index >= 15 is 0 Å². The van der Waals surface area contributed by atoms with Gasteiger partial charge in [-0.1, -0.05) is 106 Å². The van der Waals surface area contributed by atoms with Crippen LogP contribution in [0.1, 0.15) is 66.2 Å². The van der Waals surface area contributed by atoms with Gasteiger partial charge in [-0.2, -0.15) is 0 Å². The molecule has 0 saturated carbocycles. The minimum absolute atomic E-state index is 0. The minimum Gasteiger partial charge on any atom is -0.305 e. The Morgan fingerprint density at radius 2 is 1.55 bits per heavy atom. The molecule has 0 bridgehead atoms. The molecular weight excluding hydrogens is 713 g/mol. The summed E-state index contributed by atoms with van der Waals surface area (Å²) < 4.78 is 168. The van der Waals surface area contributed by atoms with E-state index in [2.05, 4.69) is 22.1 Å². The third kappa shape index (κ3) is 8.92. The van der Waals surface area contributed by atoms with Crippen molar-refractivity contribution in [3.8, 4) is 44.8 Å². The van der Waals surface area contributed by atoms with E-state index in [1.807, 2.05) is 0 Å². The summed E-state index contributed by atoms with van der Waals surface area (Å²) in [6.45, 7) is -0.0915. The van der Waals surface area contributed by atoms with Crippen LogP contribution in [0.2, 0.25) is 0 Å². The zero-order chi connectivity index (χ0) is 48.3. The zero-order valence-corrected chi connectivity index (χ0v) is 26.2. The van der Waals surface area contributed by atoms with Crippen LogP contribution >= 0.6 is 0 Å². The summed E-state index contributed by atoms with van der Waals surface area (Å²) in [4.78, 5) is 8.25. The van der Waals surface area contributed by atoms with Gasteiger partial charge in [-0.25, -0.2) is 0 Å². The molecular formula is C41H38IrN2-2. The molecule has 1 radical (unpaired) electrons. The summed E-state index contributed by atoms with van der Waals surface area (Å²) in [7, 11) is 0. The molecule has 0 spiro atoms. The average molecular weight is 772 g/mol. The molecule has 223 valence electrons. The van der Waals surface area contributed by atoms with Gasteiger partial charge in [0.05, 0.1) is 12.3 Å². The second kappa shape index (κ2) is 15.0. The number of benzene rings is 4. The molecule has 2 aromatic heterocycles. The van der Waals surface area contributed by atoms with Crippen LogP contribution in [0.3, 0.4) is 0 Å². The van der Waals surface area contributed by atoms with Crippen molar-refractivity contribution in [2.24, 2.45) is 5.41 Å². The first-order valence-electron chi connectivity index (χ1n) is 23.5. The smallest absolute Gasteiger partial charge is 0.0629 e. The van der Waals surface area contributed by atoms with Crippen LogP contribution in [0, 0.1) is 31.3 Å². The molecule has 0 saturated heterocycles. The first kappa shape index (κ1) is 14.7. The standard InChI is InChI=1S/C22H22N.C19H16N.Ir/c1-22(2,3)16-17-9-11-18(12-10-17)20-13-14-23-21(15-20)19-7-5-4-6-8-19;1-14-8-11-19(20-13-14)17-10-9-15(2)18(12-17)16-6-4-3-5-7-16;/h4-7,9-15H,16H2,1-3H3;3-9,11-13H,1-2H3;/q2*-1;/i4D,5D,6D,7D,9D,10D,11D,12D,16D2;1D3,2D3,3D,4D,5D,6D,7D;. The van der Waals surface area contributed by atoms with Gasteiger partial charge in [-0.3, -0.25) is 0 Å². The molecule has 0 aliphatic rings. The molecule has 2 nitrogen and oxygen atoms in total. The van der Waals surface area contributed by atoms with Gasteiger partial charge in [-0.05, 0) is 66.7 Å². The molecule has 4 aromatic carbocycles. The Kier molecular flexibility index (Phi) is 5.03. The zero-order valence-electron chi connectivity index (χ0n) is 44.8. The van der Waals surface area contributed by atoms with Gasteiger partial charge >= 0.3 is 0 Å². The van der Waals surface area contributed by atoms with Gasteiger partial charge in [0, 0.05) is 46.2 Å². The van der Waals surface area contributed by atoms with Crippen molar-refractivity contribution in [2.75, 3.05) is 0 Å². The van der Waals surface area contributed by atoms with Crippen LogP contribution < -0.4 is 0 Å². The van der Waals surface area contributed by atoms with Crippen molar-refractivity contribution in [2.45, 2.75) is 40.8 Å². The molecule has 44 heavy (non-hydrogen) atoms. The monoisotopic (exact) mass is 772 g/mol. The second-order valence-corrected chi connectivity index (χ2v) is 10.2. The quantitative estimate of drug-likeness (QED) is 0.163. The SMILES string of the molecule is [2H]c1[c-]c(-c2cc(-c3c([2H])c([2H])c(C([2H])([2H])C(C)(C)C)c([2H])c3[2H])ccn2)c([2H])c([2H])c1[2H].[2H]c1c([2H])c([2H])c(-c2cc(-c3ccc(C([2H])([2H])[2H])cn3)[c-]cc2C([2H])([2H])[2H])c([2H])c1[2H].[Ir]. The number of rotatable bonds is 5. The van der Waals surface area contributed by atoms with Gasteiger partial charge in [-0.15, -0.1) is 65.1 Å². The van der Waals surface area contributed by atoms with E-state index in [9.17, 15) is 0 Å². The summed E-state index contributed by atoms with van der Waals surface area (Å²) in [5, 5.41) is 0. The first-order valence-corrected chi connectivity index (χ1v) is 13.0. The van der Waals surface area contributed by atoms with E-state index in [1.54, 1.807) is 20.8 Å². The van der Waals surface area contributed by atoms with Crippen LogP contribution in [0.15, 0.2) is 127 Å². The van der Waals surface area contributed by atoms with Crippen LogP contribution in [-0.2, 0) is 26.5 Å². The maximum Gasteiger partial charge on any atom is 0.0629 e. The van der Waals surface area contributed by atoms with E-state index in [0.29, 0.717) is 5.69 Å². The largest absolute Gasteiger partial charge is 0.305 e. The summed E-state index contributed by atoms with van der Waals surface area (Å²) in [6.07, 6.45) is 0.392. The van der Waals surface area contributed by atoms with Crippen molar-refractivity contribution in [1.29, 1.82) is 0 Å². The van der Waals surface area contributed by atoms with Crippen molar-refractivity contribution in [3.63, 3.8) is 0 Å². The molecule has 3 heteroatoms. The Bertz CT molecular complexity index is 2740. The molecule has 0 aliphatic carbocycles. The predicted octanol–water partition coefficient (Wildman–Crippen LogP) is 10.6. The Morgan fingerprint density at radius 3 is 2.25 bits per heavy atom. The second-order valence-electron chi connectivity index (χ2n) is 10.2. The topological polar surface area (TPSA) is 25.8 Å². The predicted molar refractivity (Wildman–Crippen MR) is 181 cm³/mol. The number of hydrogen-bond acceptors (Lipinski definition) is 2. The fraction of sp³-hybridized carbons (Fsp3) is 0.171. The summed E-state index contributed by atoms with van der Waals surface area (Å²) >= 11 is 0. The molecule has 6 aromatic rings. The third-order valence-corrected chi connectivity index (χ3v) is 5.69. The van der Waals surface area contributed by atoms with Crippen LogP contribution in [0.4, 0.5) is 0 Å². The summed E-state index contributed by atoms with van der Waals surface area (Å²) in [5.41, 5.74) is -0.879. The maximum absolute atomic E-state index is 8.50. The normalized spacial score (nSPS) is 18.5. The van der Waals surface area contributed by atoms with Gasteiger partial charge in [0.1, 0.15) is 0 Å². The van der Waals surface area contributed by atoms with Gasteiger partial charge in [0.2, 0.25) is 0 Å². The molecule has 0 fully saturated rings. The van der Waals surface area contributed by atoms with E-state index in [-0.39, 0.29) is 88.0 Å². The molecule has 0 aliphatic heterocycles. The van der Waals surface area contributed by atoms with Gasteiger partial charge in [0.25, 0.3) is 0 Å². The van der Waals surface area contributed by atoms with Crippen molar-refractivity contribution in [3.05, 3.63) is 156 Å². The number of nitrogens with zero attached hydrogens (tertiary/aromatic N) is 2. The number of hydrogen-bond donors (Lipinski definition) is 0. The van der Waals surface area contributed by atoms with Gasteiger partial charge in [0.15, 0.2) is 0 Å². The van der Waals surface area contributed by atoms with Crippen LogP contribution in [0.25, 0.3) is 44.8 Å². The van der Waals surface area contributed by atoms with Crippen molar-refractivity contribution < 1.29 is 48.9 Å². The first-order chi connectivity index (χ1) is 29.3. The number of aryl methyl sites for hydroxylation is 2. The van der Waals surface area contributed by atoms with Crippen molar-refractivity contribution >= 4 is 0 Å². The fourth-order valence-electron chi connectivity index (χ4n) is 3.78. The van der Waals surface area contributed by atoms with E-state index < -0.39 is 92.0 Å². The number of pyridine rings is 2. The number of aromatic nitrogens is 2. The van der Waals surface area contributed by atoms with Gasteiger partial charge < -0.3 is 9.97 Å². The molecule has 2 heterocycles. The molecule has 0 atom stereocenters. The Balaban J connectivity index is 0.000000281. The van der Waals surface area contributed by atoms with E-state index in [0.717, 1.165) is 0 Å². The van der Waals surface area contributed by atoms with E-state index in [4.69, 9.17) is 28.8 Å². The molecule has 0 N–H and O–H groups in total. The molecule has 6 rings (SSSR count). The Labute approximate surface area is 306 Å². The van der Waals surface area contributed by atoms with Crippen LogP contribution in [-0.4, -0.2) is 9.97 Å². The van der Waals surface area contributed by atoms with E-state index in [1.165, 1.54) is 48.8 Å².